The fourth-order valence-corrected chi connectivity index (χ4v) is 2.72. The minimum Gasteiger partial charge on any atom is -0.478 e. The van der Waals surface area contributed by atoms with Crippen LogP contribution in [0.4, 0.5) is 18.9 Å². The van der Waals surface area contributed by atoms with Crippen molar-refractivity contribution in [2.45, 2.75) is 12.3 Å². The van der Waals surface area contributed by atoms with Gasteiger partial charge in [0.2, 0.25) is 0 Å². The zero-order valence-electron chi connectivity index (χ0n) is 12.7. The molecule has 1 aliphatic rings. The van der Waals surface area contributed by atoms with Crippen LogP contribution >= 0.6 is 0 Å². The molecule has 0 aromatic heterocycles. The molecule has 0 radical (unpaired) electrons. The van der Waals surface area contributed by atoms with Crippen LogP contribution in [0.5, 0.6) is 0 Å². The molecule has 0 fully saturated rings. The highest BCUT2D eigenvalue weighted by Crippen LogP contribution is 2.35. The highest BCUT2D eigenvalue weighted by atomic mass is 19.4. The van der Waals surface area contributed by atoms with E-state index in [0.29, 0.717) is 16.2 Å². The van der Waals surface area contributed by atoms with E-state index in [0.717, 1.165) is 0 Å². The van der Waals surface area contributed by atoms with E-state index in [9.17, 15) is 22.8 Å². The number of fused-ring (bicyclic) bond motifs is 1. The van der Waals surface area contributed by atoms with Crippen molar-refractivity contribution in [2.24, 2.45) is 0 Å². The molecule has 0 aliphatic carbocycles. The van der Waals surface area contributed by atoms with Crippen molar-refractivity contribution in [3.63, 3.8) is 0 Å². The van der Waals surface area contributed by atoms with Crippen molar-refractivity contribution >= 4 is 17.6 Å². The molecule has 25 heavy (non-hydrogen) atoms. The Kier molecular flexibility index (Phi) is 4.12. The van der Waals surface area contributed by atoms with E-state index in [-0.39, 0.29) is 11.1 Å². The monoisotopic (exact) mass is 350 g/mol. The molecular weight excluding hydrogens is 337 g/mol. The number of para-hydroxylation sites is 1. The minimum absolute atomic E-state index is 0.00802. The van der Waals surface area contributed by atoms with Gasteiger partial charge in [-0.05, 0) is 29.8 Å². The van der Waals surface area contributed by atoms with Gasteiger partial charge in [0, 0.05) is 5.69 Å². The average Bonchev–Trinajstić information content (AvgIpc) is 2.56. The summed E-state index contributed by atoms with van der Waals surface area (Å²) in [5, 5.41) is 11.9. The molecular formula is C17H13F3N2O3. The summed E-state index contributed by atoms with van der Waals surface area (Å²) in [4.78, 5) is 24.2. The smallest absolute Gasteiger partial charge is 0.406 e. The third kappa shape index (κ3) is 3.42. The number of carboxylic acids is 1. The van der Waals surface area contributed by atoms with Gasteiger partial charge in [0.05, 0.1) is 11.1 Å². The van der Waals surface area contributed by atoms with E-state index < -0.39 is 30.8 Å². The molecule has 2 aromatic carbocycles. The quantitative estimate of drug-likeness (QED) is 0.889. The maximum Gasteiger partial charge on any atom is 0.406 e. The zero-order chi connectivity index (χ0) is 18.2. The first-order valence-electron chi connectivity index (χ1n) is 7.33. The number of benzene rings is 2. The molecule has 0 spiro atoms. The lowest BCUT2D eigenvalue weighted by atomic mass is 10.0. The Morgan fingerprint density at radius 1 is 1.12 bits per heavy atom. The fourth-order valence-electron chi connectivity index (χ4n) is 2.72. The van der Waals surface area contributed by atoms with E-state index in [1.807, 2.05) is 0 Å². The van der Waals surface area contributed by atoms with Crippen LogP contribution < -0.4 is 5.32 Å². The Hall–Kier alpha value is -3.03. The summed E-state index contributed by atoms with van der Waals surface area (Å²) in [6.45, 7) is -1.42. The van der Waals surface area contributed by atoms with Crippen LogP contribution in [0.25, 0.3) is 0 Å². The number of nitrogens with zero attached hydrogens (tertiary/aromatic N) is 1. The Morgan fingerprint density at radius 2 is 1.76 bits per heavy atom. The van der Waals surface area contributed by atoms with Gasteiger partial charge in [-0.25, -0.2) is 4.79 Å². The Labute approximate surface area is 140 Å². The van der Waals surface area contributed by atoms with Gasteiger partial charge in [0.15, 0.2) is 0 Å². The van der Waals surface area contributed by atoms with Gasteiger partial charge in [-0.2, -0.15) is 13.2 Å². The van der Waals surface area contributed by atoms with Gasteiger partial charge in [0.1, 0.15) is 12.7 Å². The molecule has 1 aliphatic heterocycles. The van der Waals surface area contributed by atoms with Crippen LogP contribution in [0.2, 0.25) is 0 Å². The second kappa shape index (κ2) is 6.12. The summed E-state index contributed by atoms with van der Waals surface area (Å²) in [5.74, 6) is -1.88. The van der Waals surface area contributed by atoms with E-state index in [1.165, 1.54) is 30.3 Å². The van der Waals surface area contributed by atoms with Crippen molar-refractivity contribution in [1.29, 1.82) is 0 Å². The lowest BCUT2D eigenvalue weighted by Gasteiger charge is -2.38. The fraction of sp³-hybridized carbons (Fsp3) is 0.176. The van der Waals surface area contributed by atoms with Crippen LogP contribution in [-0.4, -0.2) is 34.6 Å². The van der Waals surface area contributed by atoms with E-state index in [1.54, 1.807) is 18.2 Å². The number of nitrogens with one attached hydrogen (secondary N) is 1. The Morgan fingerprint density at radius 3 is 2.36 bits per heavy atom. The minimum atomic E-state index is -4.57. The predicted molar refractivity (Wildman–Crippen MR) is 83.3 cm³/mol. The number of halogens is 3. The van der Waals surface area contributed by atoms with Crippen molar-refractivity contribution in [2.75, 3.05) is 11.9 Å². The number of rotatable bonds is 3. The second-order valence-electron chi connectivity index (χ2n) is 5.57. The number of hydrogen-bond donors (Lipinski definition) is 2. The lowest BCUT2D eigenvalue weighted by Crippen LogP contribution is -2.47. The van der Waals surface area contributed by atoms with Gasteiger partial charge >= 0.3 is 12.1 Å². The predicted octanol–water partition coefficient (Wildman–Crippen LogP) is 3.51. The number of anilines is 1. The van der Waals surface area contributed by atoms with Gasteiger partial charge in [-0.1, -0.05) is 24.3 Å². The van der Waals surface area contributed by atoms with Crippen molar-refractivity contribution < 1.29 is 27.9 Å². The van der Waals surface area contributed by atoms with Crippen molar-refractivity contribution in [1.82, 2.24) is 4.90 Å². The molecule has 0 unspecified atom stereocenters. The van der Waals surface area contributed by atoms with Crippen LogP contribution in [0.15, 0.2) is 48.5 Å². The molecule has 8 heteroatoms. The molecule has 1 heterocycles. The molecule has 0 saturated carbocycles. The van der Waals surface area contributed by atoms with Gasteiger partial charge in [-0.3, -0.25) is 4.79 Å². The van der Waals surface area contributed by atoms with Gasteiger partial charge < -0.3 is 15.3 Å². The summed E-state index contributed by atoms with van der Waals surface area (Å²) in [6, 6.07) is 11.7. The first-order chi connectivity index (χ1) is 11.8. The molecule has 2 N–H and O–H groups in total. The maximum atomic E-state index is 12.9. The third-order valence-electron chi connectivity index (χ3n) is 3.85. The number of hydrogen-bond acceptors (Lipinski definition) is 3. The zero-order valence-corrected chi connectivity index (χ0v) is 12.7. The number of carbonyl (C=O) groups excluding carboxylic acids is 1. The van der Waals surface area contributed by atoms with Crippen LogP contribution in [0.3, 0.4) is 0 Å². The van der Waals surface area contributed by atoms with E-state index >= 15 is 0 Å². The molecule has 130 valence electrons. The second-order valence-corrected chi connectivity index (χ2v) is 5.57. The standard InChI is InChI=1S/C17H13F3N2O3/c18-17(19,20)9-22-14(10-5-7-11(8-6-10)16(24)25)21-13-4-2-1-3-12(13)15(22)23/h1-8,14,21H,9H2,(H,24,25)/t14-/m0/s1. The van der Waals surface area contributed by atoms with Crippen molar-refractivity contribution in [3.8, 4) is 0 Å². The summed E-state index contributed by atoms with van der Waals surface area (Å²) in [7, 11) is 0. The van der Waals surface area contributed by atoms with Crippen LogP contribution in [0, 0.1) is 0 Å². The summed E-state index contributed by atoms with van der Waals surface area (Å²) >= 11 is 0. The number of carboxylic acid groups (broad SMARTS) is 1. The lowest BCUT2D eigenvalue weighted by molar-refractivity contribution is -0.144. The number of carbonyl (C=O) groups is 2. The van der Waals surface area contributed by atoms with Gasteiger partial charge in [0.25, 0.3) is 5.91 Å². The summed E-state index contributed by atoms with van der Waals surface area (Å²) in [6.07, 6.45) is -5.62. The highest BCUT2D eigenvalue weighted by molar-refractivity contribution is 6.01. The number of aromatic carboxylic acids is 1. The third-order valence-corrected chi connectivity index (χ3v) is 3.85. The number of alkyl halides is 3. The van der Waals surface area contributed by atoms with E-state index in [2.05, 4.69) is 5.32 Å². The molecule has 0 saturated heterocycles. The summed E-state index contributed by atoms with van der Waals surface area (Å²) < 4.78 is 38.8. The molecule has 5 nitrogen and oxygen atoms in total. The first kappa shape index (κ1) is 16.8. The summed E-state index contributed by atoms with van der Waals surface area (Å²) in [5.41, 5.74) is 0.953. The van der Waals surface area contributed by atoms with Crippen molar-refractivity contribution in [3.05, 3.63) is 65.2 Å². The van der Waals surface area contributed by atoms with Crippen LogP contribution in [0.1, 0.15) is 32.4 Å². The van der Waals surface area contributed by atoms with Gasteiger partial charge in [-0.15, -0.1) is 0 Å². The Balaban J connectivity index is 2.02. The molecule has 1 atom stereocenters. The first-order valence-corrected chi connectivity index (χ1v) is 7.33. The van der Waals surface area contributed by atoms with E-state index in [4.69, 9.17) is 5.11 Å². The topological polar surface area (TPSA) is 69.6 Å². The average molecular weight is 350 g/mol. The molecule has 3 rings (SSSR count). The number of amides is 1. The Bertz CT molecular complexity index is 819. The highest BCUT2D eigenvalue weighted by Gasteiger charge is 2.40. The SMILES string of the molecule is O=C(O)c1ccc([C@H]2Nc3ccccc3C(=O)N2CC(F)(F)F)cc1. The maximum absolute atomic E-state index is 12.9. The van der Waals surface area contributed by atoms with Crippen LogP contribution in [-0.2, 0) is 0 Å². The molecule has 1 amide bonds. The molecule has 2 aromatic rings. The molecule has 0 bridgehead atoms. The largest absolute Gasteiger partial charge is 0.478 e. The normalized spacial score (nSPS) is 17.0.